The van der Waals surface area contributed by atoms with Gasteiger partial charge < -0.3 is 20.1 Å². The normalized spacial score (nSPS) is 22.1. The maximum atomic E-state index is 12.6. The highest BCUT2D eigenvalue weighted by atomic mass is 35.5. The number of carbonyl (C=O) groups excluding carboxylic acids is 1. The summed E-state index contributed by atoms with van der Waals surface area (Å²) in [5.41, 5.74) is 1.22. The number of hydrogen-bond donors (Lipinski definition) is 2. The minimum absolute atomic E-state index is 0. The maximum Gasteiger partial charge on any atom is 0.224 e. The maximum absolute atomic E-state index is 12.6. The molecule has 3 rings (SSSR count). The Labute approximate surface area is 162 Å². The largest absolute Gasteiger partial charge is 0.494 e. The van der Waals surface area contributed by atoms with Gasteiger partial charge in [-0.25, -0.2) is 0 Å². The van der Waals surface area contributed by atoms with Crippen molar-refractivity contribution >= 4 is 18.3 Å². The van der Waals surface area contributed by atoms with E-state index < -0.39 is 0 Å². The Hall–Kier alpha value is -1.30. The summed E-state index contributed by atoms with van der Waals surface area (Å²) in [5.74, 6) is 1.18. The third-order valence-corrected chi connectivity index (χ3v) is 5.50. The van der Waals surface area contributed by atoms with Crippen molar-refractivity contribution in [3.8, 4) is 5.75 Å². The molecular formula is C20H31ClN2O3. The molecule has 2 fully saturated rings. The number of nitrogens with one attached hydrogen (secondary N) is 2. The van der Waals surface area contributed by atoms with Crippen LogP contribution >= 0.6 is 12.4 Å². The minimum Gasteiger partial charge on any atom is -0.494 e. The van der Waals surface area contributed by atoms with Crippen molar-refractivity contribution in [3.05, 3.63) is 29.8 Å². The fourth-order valence-corrected chi connectivity index (χ4v) is 3.88. The second-order valence-electron chi connectivity index (χ2n) is 7.11. The van der Waals surface area contributed by atoms with E-state index in [9.17, 15) is 4.79 Å². The van der Waals surface area contributed by atoms with Crippen LogP contribution in [0.5, 0.6) is 5.75 Å². The molecule has 1 aromatic carbocycles. The standard InChI is InChI=1S/C20H30N2O3.ClH/c1-2-25-18-7-5-17(6-8-18)20(9-12-24-13-10-20)15-22-19(23)16-4-3-11-21-14-16;/h5-8,16,21H,2-4,9-15H2,1H3,(H,22,23);1H. The van der Waals surface area contributed by atoms with Crippen molar-refractivity contribution < 1.29 is 14.3 Å². The van der Waals surface area contributed by atoms with Crippen molar-refractivity contribution in [2.24, 2.45) is 5.92 Å². The molecule has 2 aliphatic rings. The highest BCUT2D eigenvalue weighted by molar-refractivity contribution is 5.85. The highest BCUT2D eigenvalue weighted by Gasteiger charge is 2.35. The van der Waals surface area contributed by atoms with E-state index >= 15 is 0 Å². The Morgan fingerprint density at radius 3 is 2.65 bits per heavy atom. The van der Waals surface area contributed by atoms with E-state index in [1.807, 2.05) is 19.1 Å². The van der Waals surface area contributed by atoms with E-state index in [1.54, 1.807) is 0 Å². The van der Waals surface area contributed by atoms with E-state index in [0.29, 0.717) is 13.2 Å². The summed E-state index contributed by atoms with van der Waals surface area (Å²) >= 11 is 0. The molecule has 5 nitrogen and oxygen atoms in total. The van der Waals surface area contributed by atoms with Crippen molar-refractivity contribution in [2.45, 2.75) is 38.0 Å². The molecule has 2 aliphatic heterocycles. The van der Waals surface area contributed by atoms with Gasteiger partial charge in [0.15, 0.2) is 0 Å². The predicted octanol–water partition coefficient (Wildman–Crippen LogP) is 2.67. The molecule has 0 aromatic heterocycles. The summed E-state index contributed by atoms with van der Waals surface area (Å²) < 4.78 is 11.1. The van der Waals surface area contributed by atoms with Gasteiger partial charge in [0.05, 0.1) is 12.5 Å². The van der Waals surface area contributed by atoms with E-state index in [-0.39, 0.29) is 29.6 Å². The van der Waals surface area contributed by atoms with Gasteiger partial charge in [-0.3, -0.25) is 4.79 Å². The van der Waals surface area contributed by atoms with Crippen LogP contribution in [0.15, 0.2) is 24.3 Å². The van der Waals surface area contributed by atoms with Gasteiger partial charge in [0.25, 0.3) is 0 Å². The molecule has 2 heterocycles. The lowest BCUT2D eigenvalue weighted by molar-refractivity contribution is -0.126. The van der Waals surface area contributed by atoms with Crippen LogP contribution < -0.4 is 15.4 Å². The summed E-state index contributed by atoms with van der Waals surface area (Å²) in [7, 11) is 0. The van der Waals surface area contributed by atoms with Gasteiger partial charge in [-0.2, -0.15) is 0 Å². The summed E-state index contributed by atoms with van der Waals surface area (Å²) in [6, 6.07) is 8.35. The third-order valence-electron chi connectivity index (χ3n) is 5.50. The highest BCUT2D eigenvalue weighted by Crippen LogP contribution is 2.35. The number of amides is 1. The van der Waals surface area contributed by atoms with Gasteiger partial charge in [0.1, 0.15) is 5.75 Å². The van der Waals surface area contributed by atoms with Gasteiger partial charge >= 0.3 is 0 Å². The molecule has 1 aromatic rings. The summed E-state index contributed by atoms with van der Waals surface area (Å²) in [6.07, 6.45) is 3.93. The van der Waals surface area contributed by atoms with Gasteiger partial charge in [-0.05, 0) is 56.8 Å². The number of benzene rings is 1. The first-order valence-corrected chi connectivity index (χ1v) is 9.53. The zero-order chi connectivity index (χ0) is 17.5. The Bertz CT molecular complexity index is 553. The van der Waals surface area contributed by atoms with Crippen molar-refractivity contribution in [2.75, 3.05) is 39.5 Å². The molecular weight excluding hydrogens is 352 g/mol. The first kappa shape index (κ1) is 21.0. The van der Waals surface area contributed by atoms with Crippen LogP contribution in [0.4, 0.5) is 0 Å². The monoisotopic (exact) mass is 382 g/mol. The first-order chi connectivity index (χ1) is 12.2. The van der Waals surface area contributed by atoms with Gasteiger partial charge in [-0.1, -0.05) is 12.1 Å². The molecule has 6 heteroatoms. The second-order valence-corrected chi connectivity index (χ2v) is 7.11. The number of piperidine rings is 1. The molecule has 0 radical (unpaired) electrons. The van der Waals surface area contributed by atoms with Crippen LogP contribution in [0.1, 0.15) is 38.2 Å². The Balaban J connectivity index is 0.00000243. The van der Waals surface area contributed by atoms with Crippen LogP contribution in [0.2, 0.25) is 0 Å². The van der Waals surface area contributed by atoms with E-state index in [1.165, 1.54) is 5.56 Å². The Morgan fingerprint density at radius 2 is 2.04 bits per heavy atom. The third kappa shape index (κ3) is 5.12. The first-order valence-electron chi connectivity index (χ1n) is 9.53. The Kier molecular flexibility index (Phi) is 8.19. The Morgan fingerprint density at radius 1 is 1.31 bits per heavy atom. The molecule has 0 saturated carbocycles. The number of carbonyl (C=O) groups is 1. The van der Waals surface area contributed by atoms with Gasteiger partial charge in [0, 0.05) is 31.7 Å². The molecule has 0 spiro atoms. The molecule has 0 aliphatic carbocycles. The number of rotatable bonds is 6. The second kappa shape index (κ2) is 10.1. The summed E-state index contributed by atoms with van der Waals surface area (Å²) in [5, 5.41) is 6.55. The van der Waals surface area contributed by atoms with Gasteiger partial charge in [-0.15, -0.1) is 12.4 Å². The zero-order valence-corrected chi connectivity index (χ0v) is 16.4. The molecule has 26 heavy (non-hydrogen) atoms. The van der Waals surface area contributed by atoms with Crippen LogP contribution in [-0.2, 0) is 14.9 Å². The average Bonchev–Trinajstić information content (AvgIpc) is 2.68. The summed E-state index contributed by atoms with van der Waals surface area (Å²) in [4.78, 5) is 12.6. The minimum atomic E-state index is -0.0409. The number of halogens is 1. The molecule has 146 valence electrons. The van der Waals surface area contributed by atoms with E-state index in [0.717, 1.165) is 57.7 Å². The van der Waals surface area contributed by atoms with Crippen molar-refractivity contribution in [1.82, 2.24) is 10.6 Å². The quantitative estimate of drug-likeness (QED) is 0.794. The lowest BCUT2D eigenvalue weighted by atomic mass is 9.74. The van der Waals surface area contributed by atoms with E-state index in [4.69, 9.17) is 9.47 Å². The number of hydrogen-bond acceptors (Lipinski definition) is 4. The fourth-order valence-electron chi connectivity index (χ4n) is 3.88. The molecule has 1 unspecified atom stereocenters. The number of ether oxygens (including phenoxy) is 2. The predicted molar refractivity (Wildman–Crippen MR) is 105 cm³/mol. The van der Waals surface area contributed by atoms with Gasteiger partial charge in [0.2, 0.25) is 5.91 Å². The van der Waals surface area contributed by atoms with Crippen LogP contribution in [0.25, 0.3) is 0 Å². The van der Waals surface area contributed by atoms with Crippen LogP contribution in [0, 0.1) is 5.92 Å². The molecule has 1 atom stereocenters. The topological polar surface area (TPSA) is 59.6 Å². The van der Waals surface area contributed by atoms with Crippen LogP contribution in [-0.4, -0.2) is 45.4 Å². The average molecular weight is 383 g/mol. The molecule has 2 N–H and O–H groups in total. The summed E-state index contributed by atoms with van der Waals surface area (Å²) in [6.45, 7) is 6.65. The van der Waals surface area contributed by atoms with E-state index in [2.05, 4.69) is 22.8 Å². The smallest absolute Gasteiger partial charge is 0.224 e. The van der Waals surface area contributed by atoms with Crippen molar-refractivity contribution in [3.63, 3.8) is 0 Å². The van der Waals surface area contributed by atoms with Crippen molar-refractivity contribution in [1.29, 1.82) is 0 Å². The molecule has 1 amide bonds. The lowest BCUT2D eigenvalue weighted by Crippen LogP contribution is -2.48. The molecule has 0 bridgehead atoms. The zero-order valence-electron chi connectivity index (χ0n) is 15.6. The fraction of sp³-hybridized carbons (Fsp3) is 0.650. The van der Waals surface area contributed by atoms with Crippen LogP contribution in [0.3, 0.4) is 0 Å². The lowest BCUT2D eigenvalue weighted by Gasteiger charge is -2.38. The molecule has 2 saturated heterocycles. The SMILES string of the molecule is CCOc1ccc(C2(CNC(=O)C3CCCNC3)CCOCC2)cc1.Cl.